The number of unbranched alkanes of at least 4 members (excludes halogenated alkanes) is 3. The van der Waals surface area contributed by atoms with Crippen molar-refractivity contribution in [3.05, 3.63) is 130 Å². The first-order valence-electron chi connectivity index (χ1n) is 33.2. The van der Waals surface area contributed by atoms with Gasteiger partial charge in [0.15, 0.2) is 24.8 Å². The highest BCUT2D eigenvalue weighted by atomic mass is 32.2. The number of carbonyl (C=O) groups is 2. The highest BCUT2D eigenvalue weighted by Crippen LogP contribution is 2.43. The van der Waals surface area contributed by atoms with Crippen LogP contribution < -0.4 is 30.2 Å². The van der Waals surface area contributed by atoms with Gasteiger partial charge in [-0.15, -0.1) is 25.3 Å². The Labute approximate surface area is 588 Å². The molecule has 8 rings (SSSR count). The average Bonchev–Trinajstić information content (AvgIpc) is 0.753. The van der Waals surface area contributed by atoms with Crippen LogP contribution in [0, 0.1) is 0 Å². The monoisotopic (exact) mass is 1460 g/mol. The number of hydrogen-bond acceptors (Lipinski definition) is 22. The molecular formula is C70H92N6O20S4. The fourth-order valence-corrected chi connectivity index (χ4v) is 13.4. The molecule has 30 heteroatoms. The first-order chi connectivity index (χ1) is 47.0. The number of anilines is 2. The molecule has 2 aliphatic heterocycles. The molecule has 6 heterocycles. The summed E-state index contributed by atoms with van der Waals surface area (Å²) in [6, 6.07) is 19.1. The molecule has 0 unspecified atom stereocenters. The maximum Gasteiger partial charge on any atom is 0.425 e. The number of rotatable bonds is 29. The summed E-state index contributed by atoms with van der Waals surface area (Å²) in [7, 11) is -14.6. The third kappa shape index (κ3) is 26.6. The number of fused-ring (bicyclic) bond motifs is 4. The fourth-order valence-electron chi connectivity index (χ4n) is 12.3. The van der Waals surface area contributed by atoms with Gasteiger partial charge in [0, 0.05) is 157 Å². The summed E-state index contributed by atoms with van der Waals surface area (Å²) < 4.78 is 131. The number of aromatic nitrogens is 2. The SMILES string of the molecule is CCCCN(CCC)C(=O)CCCN1c2cc3oc(=O)c(-c4cc[n+](CCCCS(=O)(=O)[O-])cc4)cc3cc2C(C)=CC1(C)C.CCCN(CCC)C(=O)CCCN1c2cc3oc(=O)c(-c4cc[n+](CCCCS(=O)(=O)[O-])cc4)cc3cc2C(C)=CC1(C)C.O=C=O.O=S(=O)=O.O=S(=O)=O. The van der Waals surface area contributed by atoms with E-state index in [0.717, 1.165) is 127 Å². The number of hydrogen-bond donors (Lipinski definition) is 0. The molecule has 2 aromatic carbocycles. The number of pyridine rings is 2. The number of aryl methyl sites for hydroxylation is 2. The molecule has 0 saturated heterocycles. The second kappa shape index (κ2) is 39.6. The maximum absolute atomic E-state index is 13.2. The zero-order valence-corrected chi connectivity index (χ0v) is 61.7. The maximum atomic E-state index is 13.2. The van der Waals surface area contributed by atoms with Crippen molar-refractivity contribution in [1.29, 1.82) is 0 Å². The van der Waals surface area contributed by atoms with Crippen molar-refractivity contribution < 1.29 is 88.3 Å². The third-order valence-corrected chi connectivity index (χ3v) is 18.3. The van der Waals surface area contributed by atoms with E-state index in [0.29, 0.717) is 87.0 Å². The van der Waals surface area contributed by atoms with Crippen LogP contribution >= 0.6 is 0 Å². The lowest BCUT2D eigenvalue weighted by atomic mass is 9.87. The van der Waals surface area contributed by atoms with Crippen LogP contribution in [0.1, 0.15) is 164 Å². The van der Waals surface area contributed by atoms with E-state index in [9.17, 15) is 45.1 Å². The molecule has 2 amide bonds. The van der Waals surface area contributed by atoms with E-state index in [1.54, 1.807) is 0 Å². The summed E-state index contributed by atoms with van der Waals surface area (Å²) in [5, 5.41) is 1.65. The van der Waals surface area contributed by atoms with Crippen LogP contribution in [0.25, 0.3) is 55.3 Å². The first-order valence-corrected chi connectivity index (χ1v) is 38.3. The van der Waals surface area contributed by atoms with Crippen LogP contribution in [0.15, 0.2) is 116 Å². The molecule has 0 N–H and O–H groups in total. The Morgan fingerprint density at radius 2 is 0.830 bits per heavy atom. The zero-order valence-electron chi connectivity index (χ0n) is 58.5. The Hall–Kier alpha value is -8.38. The number of allylic oxidation sites excluding steroid dienone is 2. The Bertz CT molecular complexity index is 4450. The van der Waals surface area contributed by atoms with E-state index >= 15 is 0 Å². The van der Waals surface area contributed by atoms with Crippen LogP contribution in [-0.2, 0) is 73.7 Å². The second-order valence-corrected chi connectivity index (χ2v) is 29.2. The van der Waals surface area contributed by atoms with Crippen molar-refractivity contribution in [1.82, 2.24) is 9.80 Å². The lowest BCUT2D eigenvalue weighted by Gasteiger charge is -2.43. The van der Waals surface area contributed by atoms with Crippen LogP contribution in [0.2, 0.25) is 0 Å². The second-order valence-electron chi connectivity index (χ2n) is 25.4. The molecule has 546 valence electrons. The van der Waals surface area contributed by atoms with Gasteiger partial charge in [0.1, 0.15) is 24.3 Å². The lowest BCUT2D eigenvalue weighted by Crippen LogP contribution is -2.46. The van der Waals surface area contributed by atoms with Crippen molar-refractivity contribution in [2.75, 3.05) is 60.6 Å². The predicted molar refractivity (Wildman–Crippen MR) is 376 cm³/mol. The van der Waals surface area contributed by atoms with Crippen molar-refractivity contribution in [3.8, 4) is 22.3 Å². The molecule has 6 aromatic rings. The minimum atomic E-state index is -4.20. The fraction of sp³-hybridized carbons (Fsp3) is 0.500. The van der Waals surface area contributed by atoms with Gasteiger partial charge >= 0.3 is 38.6 Å². The molecule has 26 nitrogen and oxygen atoms in total. The molecule has 0 saturated carbocycles. The highest BCUT2D eigenvalue weighted by molar-refractivity contribution is 7.85. The van der Waals surface area contributed by atoms with Gasteiger partial charge in [0.2, 0.25) is 11.8 Å². The van der Waals surface area contributed by atoms with E-state index in [2.05, 4.69) is 103 Å². The van der Waals surface area contributed by atoms with Gasteiger partial charge in [-0.3, -0.25) is 9.59 Å². The molecule has 0 atom stereocenters. The summed E-state index contributed by atoms with van der Waals surface area (Å²) >= 11 is 0. The molecule has 0 aliphatic carbocycles. The summed E-state index contributed by atoms with van der Waals surface area (Å²) in [5.41, 5.74) is 8.42. The average molecular weight is 1470 g/mol. The van der Waals surface area contributed by atoms with Gasteiger partial charge in [-0.1, -0.05) is 46.3 Å². The molecule has 0 bridgehead atoms. The number of benzene rings is 2. The van der Waals surface area contributed by atoms with Gasteiger partial charge in [-0.05, 0) is 128 Å². The molecule has 4 aromatic heterocycles. The van der Waals surface area contributed by atoms with Crippen molar-refractivity contribution in [2.45, 2.75) is 177 Å². The van der Waals surface area contributed by atoms with E-state index in [4.69, 9.17) is 43.7 Å². The van der Waals surface area contributed by atoms with Gasteiger partial charge in [0.25, 0.3) is 0 Å². The van der Waals surface area contributed by atoms with Crippen LogP contribution in [0.4, 0.5) is 11.4 Å². The van der Waals surface area contributed by atoms with Crippen molar-refractivity contribution in [2.24, 2.45) is 0 Å². The van der Waals surface area contributed by atoms with Crippen molar-refractivity contribution in [3.63, 3.8) is 0 Å². The van der Waals surface area contributed by atoms with Gasteiger partial charge < -0.3 is 37.5 Å². The minimum absolute atomic E-state index is 0.202. The normalized spacial score (nSPS) is 13.4. The Balaban J connectivity index is 0.000000370. The van der Waals surface area contributed by atoms with Crippen molar-refractivity contribution >= 4 is 104 Å². The van der Waals surface area contributed by atoms with E-state index in [1.165, 1.54) is 0 Å². The molecule has 2 aliphatic rings. The Kier molecular flexibility index (Phi) is 33.3. The molecule has 0 spiro atoms. The molecule has 0 fully saturated rings. The minimum Gasteiger partial charge on any atom is -0.748 e. The predicted octanol–water partition coefficient (Wildman–Crippen LogP) is 8.81. The van der Waals surface area contributed by atoms with Crippen LogP contribution in [0.5, 0.6) is 0 Å². The summed E-state index contributed by atoms with van der Waals surface area (Å²) in [6.45, 7) is 27.1. The van der Waals surface area contributed by atoms with Gasteiger partial charge in [0.05, 0.1) is 42.4 Å². The van der Waals surface area contributed by atoms with E-state index < -0.39 is 52.7 Å². The Morgan fingerprint density at radius 1 is 0.510 bits per heavy atom. The molecule has 100 heavy (non-hydrogen) atoms. The van der Waals surface area contributed by atoms with Gasteiger partial charge in [-0.2, -0.15) is 9.59 Å². The summed E-state index contributed by atoms with van der Waals surface area (Å²) in [4.78, 5) is 77.1. The quantitative estimate of drug-likeness (QED) is 0.0183. The highest BCUT2D eigenvalue weighted by Gasteiger charge is 2.34. The standard InChI is InChI=1S/C35H47N3O6S.C34H45N3O6S.CO2.2O3S/c1-6-8-17-37(15-7-2)33(39)12-11-18-38-31-24-32-28(22-29(31)26(3)25-35(38,4)5)23-30(34(40)44-32)27-13-19-36(20-14-27)16-9-10-21-45(41,42)43;1-6-14-36(15-7-2)32(38)11-10-17-37-30-23-31-27(21-28(30)25(3)24-34(37,4)5)22-29(33(39)43-31)26-12-18-35(19-13-26)16-8-9-20-44(40,41)42;2-1-3;2*1-4(2)3/h13-14,19-20,22-25H,6-12,15-18,21H2,1-5H3;12-13,18-19,21-24H,6-11,14-17,20H2,1-5H3;;;. The Morgan fingerprint density at radius 3 is 1.14 bits per heavy atom. The smallest absolute Gasteiger partial charge is 0.425 e. The largest absolute Gasteiger partial charge is 0.748 e. The van der Waals surface area contributed by atoms with Gasteiger partial charge in [-0.25, -0.2) is 35.6 Å². The van der Waals surface area contributed by atoms with E-state index in [1.807, 2.05) is 92.3 Å². The zero-order chi connectivity index (χ0) is 74.7. The topological polar surface area (TPSA) is 366 Å². The number of amides is 2. The lowest BCUT2D eigenvalue weighted by molar-refractivity contribution is -0.697. The molecule has 0 radical (unpaired) electrons. The number of nitrogens with zero attached hydrogens (tertiary/aromatic N) is 6. The number of carbonyl (C=O) groups excluding carboxylic acids is 4. The van der Waals surface area contributed by atoms with Crippen LogP contribution in [0.3, 0.4) is 0 Å². The third-order valence-electron chi connectivity index (χ3n) is 16.7. The summed E-state index contributed by atoms with van der Waals surface area (Å²) in [6.07, 6.45) is 21.2. The first kappa shape index (κ1) is 84.0. The molecular weight excluding hydrogens is 1370 g/mol. The summed E-state index contributed by atoms with van der Waals surface area (Å²) in [5.74, 6) is -0.319. The van der Waals surface area contributed by atoms with Crippen LogP contribution in [-0.4, -0.2) is 141 Å². The van der Waals surface area contributed by atoms with E-state index in [-0.39, 0.29) is 40.5 Å².